The fourth-order valence-electron chi connectivity index (χ4n) is 2.48. The number of hydrogen-bond acceptors (Lipinski definition) is 4. The molecule has 3 rings (SSSR count). The van der Waals surface area contributed by atoms with E-state index in [1.54, 1.807) is 25.3 Å². The first-order valence-corrected chi connectivity index (χ1v) is 6.51. The molecule has 0 spiro atoms. The van der Waals surface area contributed by atoms with Gasteiger partial charge in [-0.2, -0.15) is 0 Å². The Morgan fingerprint density at radius 3 is 2.95 bits per heavy atom. The van der Waals surface area contributed by atoms with E-state index in [2.05, 4.69) is 15.3 Å². The SMILES string of the molecule is Cc1cc(C(=O)O)cnc1CC1C(=O)Nc2ncccc21. The van der Waals surface area contributed by atoms with Crippen LogP contribution in [0.2, 0.25) is 0 Å². The van der Waals surface area contributed by atoms with Crippen molar-refractivity contribution in [2.24, 2.45) is 0 Å². The molecule has 1 atom stereocenters. The number of hydrogen-bond donors (Lipinski definition) is 2. The minimum atomic E-state index is -1.01. The Balaban J connectivity index is 1.91. The summed E-state index contributed by atoms with van der Waals surface area (Å²) >= 11 is 0. The van der Waals surface area contributed by atoms with Gasteiger partial charge in [-0.05, 0) is 24.6 Å². The fourth-order valence-corrected chi connectivity index (χ4v) is 2.48. The highest BCUT2D eigenvalue weighted by atomic mass is 16.4. The molecular formula is C15H13N3O3. The van der Waals surface area contributed by atoms with Crippen molar-refractivity contribution in [3.05, 3.63) is 53.0 Å². The van der Waals surface area contributed by atoms with Crippen LogP contribution < -0.4 is 5.32 Å². The molecule has 6 nitrogen and oxygen atoms in total. The van der Waals surface area contributed by atoms with Crippen molar-refractivity contribution in [3.63, 3.8) is 0 Å². The number of nitrogens with zero attached hydrogens (tertiary/aromatic N) is 2. The number of rotatable bonds is 3. The zero-order valence-corrected chi connectivity index (χ0v) is 11.3. The highest BCUT2D eigenvalue weighted by Crippen LogP contribution is 2.33. The first kappa shape index (κ1) is 13.2. The molecule has 0 aliphatic carbocycles. The maximum Gasteiger partial charge on any atom is 0.337 e. The fraction of sp³-hybridized carbons (Fsp3) is 0.200. The van der Waals surface area contributed by atoms with Crippen LogP contribution in [0.5, 0.6) is 0 Å². The van der Waals surface area contributed by atoms with E-state index < -0.39 is 5.97 Å². The molecule has 0 bridgehead atoms. The Hall–Kier alpha value is -2.76. The number of carboxylic acid groups (broad SMARTS) is 1. The smallest absolute Gasteiger partial charge is 0.337 e. The van der Waals surface area contributed by atoms with Crippen LogP contribution in [0.3, 0.4) is 0 Å². The van der Waals surface area contributed by atoms with E-state index in [4.69, 9.17) is 5.11 Å². The maximum absolute atomic E-state index is 12.0. The van der Waals surface area contributed by atoms with Crippen LogP contribution in [0.25, 0.3) is 0 Å². The van der Waals surface area contributed by atoms with Crippen LogP contribution >= 0.6 is 0 Å². The third-order valence-electron chi connectivity index (χ3n) is 3.60. The van der Waals surface area contributed by atoms with Crippen molar-refractivity contribution in [2.45, 2.75) is 19.3 Å². The van der Waals surface area contributed by atoms with E-state index in [-0.39, 0.29) is 17.4 Å². The van der Waals surface area contributed by atoms with Gasteiger partial charge in [0.05, 0.1) is 11.5 Å². The van der Waals surface area contributed by atoms with Gasteiger partial charge in [-0.25, -0.2) is 9.78 Å². The number of aromatic carboxylic acids is 1. The average Bonchev–Trinajstić information content (AvgIpc) is 2.77. The number of nitrogens with one attached hydrogen (secondary N) is 1. The van der Waals surface area contributed by atoms with Gasteiger partial charge >= 0.3 is 5.97 Å². The molecule has 0 fully saturated rings. The molecule has 2 aromatic heterocycles. The average molecular weight is 283 g/mol. The number of anilines is 1. The number of carbonyl (C=O) groups excluding carboxylic acids is 1. The third-order valence-corrected chi connectivity index (χ3v) is 3.60. The molecule has 0 saturated carbocycles. The molecule has 1 unspecified atom stereocenters. The Kier molecular flexibility index (Phi) is 3.13. The number of pyridine rings is 2. The highest BCUT2D eigenvalue weighted by Gasteiger charge is 2.32. The van der Waals surface area contributed by atoms with E-state index in [1.807, 2.05) is 6.07 Å². The first-order chi connectivity index (χ1) is 10.1. The molecule has 1 amide bonds. The first-order valence-electron chi connectivity index (χ1n) is 6.51. The summed E-state index contributed by atoms with van der Waals surface area (Å²) in [5.41, 5.74) is 2.48. The summed E-state index contributed by atoms with van der Waals surface area (Å²) in [5, 5.41) is 11.7. The summed E-state index contributed by atoms with van der Waals surface area (Å²) in [6.07, 6.45) is 3.38. The van der Waals surface area contributed by atoms with E-state index >= 15 is 0 Å². The van der Waals surface area contributed by atoms with Gasteiger partial charge in [-0.1, -0.05) is 6.07 Å². The van der Waals surface area contributed by atoms with E-state index in [9.17, 15) is 9.59 Å². The standard InChI is InChI=1S/C15H13N3O3/c1-8-5-9(15(20)21)7-17-12(8)6-11-10-3-2-4-16-13(10)18-14(11)19/h2-5,7,11H,6H2,1H3,(H,20,21)(H,16,18,19). The van der Waals surface area contributed by atoms with Gasteiger partial charge in [0, 0.05) is 30.1 Å². The van der Waals surface area contributed by atoms with Crippen LogP contribution in [-0.2, 0) is 11.2 Å². The lowest BCUT2D eigenvalue weighted by Crippen LogP contribution is -2.16. The van der Waals surface area contributed by atoms with E-state index in [1.165, 1.54) is 6.20 Å². The maximum atomic E-state index is 12.0. The predicted octanol–water partition coefficient (Wildman–Crippen LogP) is 1.76. The van der Waals surface area contributed by atoms with E-state index in [0.29, 0.717) is 12.2 Å². The zero-order valence-electron chi connectivity index (χ0n) is 11.3. The number of aromatic nitrogens is 2. The molecule has 0 radical (unpaired) electrons. The molecule has 6 heteroatoms. The normalized spacial score (nSPS) is 16.4. The van der Waals surface area contributed by atoms with Gasteiger partial charge in [0.2, 0.25) is 5.91 Å². The van der Waals surface area contributed by atoms with Crippen LogP contribution in [0.4, 0.5) is 5.82 Å². The predicted molar refractivity (Wildman–Crippen MR) is 75.2 cm³/mol. The minimum Gasteiger partial charge on any atom is -0.478 e. The lowest BCUT2D eigenvalue weighted by molar-refractivity contribution is -0.117. The second-order valence-electron chi connectivity index (χ2n) is 4.98. The summed E-state index contributed by atoms with van der Waals surface area (Å²) in [4.78, 5) is 31.3. The lowest BCUT2D eigenvalue weighted by atomic mass is 9.95. The van der Waals surface area contributed by atoms with Crippen LogP contribution in [0.1, 0.15) is 33.1 Å². The quantitative estimate of drug-likeness (QED) is 0.895. The minimum absolute atomic E-state index is 0.104. The molecule has 106 valence electrons. The molecule has 3 heterocycles. The van der Waals surface area contributed by atoms with Crippen molar-refractivity contribution in [2.75, 3.05) is 5.32 Å². The van der Waals surface area contributed by atoms with Crippen molar-refractivity contribution in [1.82, 2.24) is 9.97 Å². The molecular weight excluding hydrogens is 270 g/mol. The molecule has 1 aliphatic heterocycles. The second kappa shape index (κ2) is 4.97. The van der Waals surface area contributed by atoms with Crippen LogP contribution in [-0.4, -0.2) is 27.0 Å². The number of aryl methyl sites for hydroxylation is 1. The molecule has 2 N–H and O–H groups in total. The monoisotopic (exact) mass is 283 g/mol. The summed E-state index contributed by atoms with van der Waals surface area (Å²) in [6, 6.07) is 5.23. The Morgan fingerprint density at radius 2 is 2.24 bits per heavy atom. The lowest BCUT2D eigenvalue weighted by Gasteiger charge is -2.10. The topological polar surface area (TPSA) is 92.2 Å². The van der Waals surface area contributed by atoms with Crippen molar-refractivity contribution in [1.29, 1.82) is 0 Å². The van der Waals surface area contributed by atoms with Crippen molar-refractivity contribution < 1.29 is 14.7 Å². The summed E-state index contributed by atoms with van der Waals surface area (Å²) in [6.45, 7) is 1.80. The third kappa shape index (κ3) is 2.35. The number of fused-ring (bicyclic) bond motifs is 1. The molecule has 0 aromatic carbocycles. The van der Waals surface area contributed by atoms with E-state index in [0.717, 1.165) is 16.8 Å². The largest absolute Gasteiger partial charge is 0.478 e. The van der Waals surface area contributed by atoms with Gasteiger partial charge in [0.15, 0.2) is 0 Å². The van der Waals surface area contributed by atoms with Gasteiger partial charge < -0.3 is 10.4 Å². The van der Waals surface area contributed by atoms with Crippen LogP contribution in [0.15, 0.2) is 30.6 Å². The van der Waals surface area contributed by atoms with Crippen LogP contribution in [0, 0.1) is 6.92 Å². The van der Waals surface area contributed by atoms with Crippen molar-refractivity contribution >= 4 is 17.7 Å². The molecule has 1 aliphatic rings. The molecule has 0 saturated heterocycles. The Morgan fingerprint density at radius 1 is 1.43 bits per heavy atom. The molecule has 2 aromatic rings. The van der Waals surface area contributed by atoms with Gasteiger partial charge in [-0.15, -0.1) is 0 Å². The summed E-state index contributed by atoms with van der Waals surface area (Å²) in [5.74, 6) is -0.861. The van der Waals surface area contributed by atoms with Gasteiger partial charge in [0.25, 0.3) is 0 Å². The number of carboxylic acids is 1. The summed E-state index contributed by atoms with van der Waals surface area (Å²) in [7, 11) is 0. The number of amides is 1. The Labute approximate surface area is 120 Å². The Bertz CT molecular complexity index is 743. The van der Waals surface area contributed by atoms with Gasteiger partial charge in [0.1, 0.15) is 5.82 Å². The number of carbonyl (C=O) groups is 2. The zero-order chi connectivity index (χ0) is 15.0. The van der Waals surface area contributed by atoms with Gasteiger partial charge in [-0.3, -0.25) is 9.78 Å². The highest BCUT2D eigenvalue weighted by molar-refractivity contribution is 6.01. The molecule has 21 heavy (non-hydrogen) atoms. The second-order valence-corrected chi connectivity index (χ2v) is 4.98. The van der Waals surface area contributed by atoms with Crippen molar-refractivity contribution in [3.8, 4) is 0 Å². The summed E-state index contributed by atoms with van der Waals surface area (Å²) < 4.78 is 0.